The summed E-state index contributed by atoms with van der Waals surface area (Å²) in [6.45, 7) is 7.19. The smallest absolute Gasteiger partial charge is 0.416 e. The molecule has 6 heteroatoms. The highest BCUT2D eigenvalue weighted by Crippen LogP contribution is 2.27. The Kier molecular flexibility index (Phi) is 3.84. The third-order valence-electron chi connectivity index (χ3n) is 2.64. The Balaban J connectivity index is 2.27. The van der Waals surface area contributed by atoms with Crippen molar-refractivity contribution in [3.8, 4) is 0 Å². The van der Waals surface area contributed by atoms with Crippen molar-refractivity contribution in [2.75, 3.05) is 11.4 Å². The highest BCUT2D eigenvalue weighted by atomic mass is 127. The molecule has 0 saturated carbocycles. The Labute approximate surface area is 121 Å². The molecule has 1 aliphatic rings. The molecule has 18 heavy (non-hydrogen) atoms. The third-order valence-corrected chi connectivity index (χ3v) is 3.40. The quantitative estimate of drug-likeness (QED) is 0.666. The molecule has 2 rings (SSSR count). The Morgan fingerprint density at radius 2 is 2.06 bits per heavy atom. The van der Waals surface area contributed by atoms with Crippen molar-refractivity contribution < 1.29 is 9.53 Å². The SMILES string of the molecule is CC(C)(C)OC(=O)N1CCCCn2ncc(I)c21. The number of anilines is 1. The minimum Gasteiger partial charge on any atom is -0.443 e. The first-order chi connectivity index (χ1) is 8.38. The first kappa shape index (κ1) is 13.6. The van der Waals surface area contributed by atoms with E-state index in [1.54, 1.807) is 11.1 Å². The van der Waals surface area contributed by atoms with Gasteiger partial charge in [-0.3, -0.25) is 4.90 Å². The third kappa shape index (κ3) is 2.96. The van der Waals surface area contributed by atoms with Crippen LogP contribution in [-0.4, -0.2) is 28.0 Å². The molecule has 1 aliphatic heterocycles. The van der Waals surface area contributed by atoms with E-state index in [1.165, 1.54) is 0 Å². The van der Waals surface area contributed by atoms with Gasteiger partial charge in [-0.05, 0) is 56.2 Å². The summed E-state index contributed by atoms with van der Waals surface area (Å²) in [5, 5.41) is 4.31. The number of hydrogen-bond acceptors (Lipinski definition) is 3. The molecule has 1 aromatic rings. The van der Waals surface area contributed by atoms with Gasteiger partial charge in [-0.2, -0.15) is 5.10 Å². The van der Waals surface area contributed by atoms with Crippen molar-refractivity contribution in [1.82, 2.24) is 9.78 Å². The summed E-state index contributed by atoms with van der Waals surface area (Å²) < 4.78 is 8.33. The average molecular weight is 363 g/mol. The van der Waals surface area contributed by atoms with Gasteiger partial charge >= 0.3 is 6.09 Å². The van der Waals surface area contributed by atoms with Crippen molar-refractivity contribution in [1.29, 1.82) is 0 Å². The van der Waals surface area contributed by atoms with E-state index in [0.29, 0.717) is 6.54 Å². The van der Waals surface area contributed by atoms with Crippen LogP contribution in [-0.2, 0) is 11.3 Å². The van der Waals surface area contributed by atoms with Crippen LogP contribution in [0.5, 0.6) is 0 Å². The van der Waals surface area contributed by atoms with Gasteiger partial charge in [-0.1, -0.05) is 0 Å². The van der Waals surface area contributed by atoms with E-state index in [-0.39, 0.29) is 6.09 Å². The molecule has 0 atom stereocenters. The standard InChI is InChI=1S/C12H18IN3O2/c1-12(2,3)18-11(17)15-6-4-5-7-16-10(15)9(13)8-14-16/h8H,4-7H2,1-3H3. The molecule has 0 bridgehead atoms. The van der Waals surface area contributed by atoms with E-state index in [2.05, 4.69) is 27.7 Å². The van der Waals surface area contributed by atoms with Gasteiger partial charge in [0.1, 0.15) is 11.4 Å². The number of fused-ring (bicyclic) bond motifs is 1. The lowest BCUT2D eigenvalue weighted by atomic mass is 10.2. The molecule has 0 radical (unpaired) electrons. The van der Waals surface area contributed by atoms with Gasteiger partial charge in [0.25, 0.3) is 0 Å². The molecule has 0 unspecified atom stereocenters. The van der Waals surface area contributed by atoms with Crippen LogP contribution in [0.15, 0.2) is 6.20 Å². The van der Waals surface area contributed by atoms with Gasteiger partial charge in [-0.15, -0.1) is 0 Å². The number of aryl methyl sites for hydroxylation is 1. The number of rotatable bonds is 0. The van der Waals surface area contributed by atoms with Gasteiger partial charge in [0, 0.05) is 13.1 Å². The second-order valence-electron chi connectivity index (χ2n) is 5.38. The predicted molar refractivity (Wildman–Crippen MR) is 77.8 cm³/mol. The first-order valence-corrected chi connectivity index (χ1v) is 7.18. The molecule has 0 spiro atoms. The molecule has 0 saturated heterocycles. The number of amides is 1. The molecule has 1 aromatic heterocycles. The van der Waals surface area contributed by atoms with Crippen LogP contribution in [0.1, 0.15) is 33.6 Å². The summed E-state index contributed by atoms with van der Waals surface area (Å²) in [4.78, 5) is 13.9. The summed E-state index contributed by atoms with van der Waals surface area (Å²) in [6, 6.07) is 0. The lowest BCUT2D eigenvalue weighted by molar-refractivity contribution is 0.0579. The number of nitrogens with zero attached hydrogens (tertiary/aromatic N) is 3. The zero-order chi connectivity index (χ0) is 13.3. The van der Waals surface area contributed by atoms with Gasteiger partial charge in [0.15, 0.2) is 0 Å². The molecule has 2 heterocycles. The van der Waals surface area contributed by atoms with Crippen LogP contribution in [0.25, 0.3) is 0 Å². The van der Waals surface area contributed by atoms with Gasteiger partial charge in [-0.25, -0.2) is 9.48 Å². The average Bonchev–Trinajstić information content (AvgIpc) is 2.49. The number of ether oxygens (including phenoxy) is 1. The van der Waals surface area contributed by atoms with Gasteiger partial charge < -0.3 is 4.74 Å². The number of aromatic nitrogens is 2. The molecular formula is C12H18IN3O2. The van der Waals surface area contributed by atoms with E-state index < -0.39 is 5.60 Å². The van der Waals surface area contributed by atoms with Crippen molar-refractivity contribution in [2.45, 2.75) is 45.8 Å². The monoisotopic (exact) mass is 363 g/mol. The Morgan fingerprint density at radius 3 is 2.72 bits per heavy atom. The molecule has 5 nitrogen and oxygen atoms in total. The number of hydrogen-bond donors (Lipinski definition) is 0. The van der Waals surface area contributed by atoms with Crippen LogP contribution in [0.4, 0.5) is 10.6 Å². The lowest BCUT2D eigenvalue weighted by Gasteiger charge is -2.26. The topological polar surface area (TPSA) is 47.4 Å². The Morgan fingerprint density at radius 1 is 1.39 bits per heavy atom. The summed E-state index contributed by atoms with van der Waals surface area (Å²) in [5.41, 5.74) is -0.473. The molecule has 100 valence electrons. The largest absolute Gasteiger partial charge is 0.443 e. The lowest BCUT2D eigenvalue weighted by Crippen LogP contribution is -2.38. The Hall–Kier alpha value is -0.790. The maximum absolute atomic E-state index is 12.2. The zero-order valence-electron chi connectivity index (χ0n) is 10.9. The summed E-state index contributed by atoms with van der Waals surface area (Å²) in [5.74, 6) is 0.863. The molecule has 0 aromatic carbocycles. The summed E-state index contributed by atoms with van der Waals surface area (Å²) in [6.07, 6.45) is 3.51. The van der Waals surface area contributed by atoms with E-state index in [4.69, 9.17) is 4.74 Å². The van der Waals surface area contributed by atoms with Crippen molar-refractivity contribution >= 4 is 34.5 Å². The van der Waals surface area contributed by atoms with Crippen molar-refractivity contribution in [3.05, 3.63) is 9.77 Å². The highest BCUT2D eigenvalue weighted by Gasteiger charge is 2.28. The zero-order valence-corrected chi connectivity index (χ0v) is 13.1. The van der Waals surface area contributed by atoms with E-state index in [0.717, 1.165) is 28.8 Å². The van der Waals surface area contributed by atoms with Gasteiger partial charge in [0.2, 0.25) is 0 Å². The van der Waals surface area contributed by atoms with Crippen LogP contribution < -0.4 is 4.90 Å². The van der Waals surface area contributed by atoms with Crippen LogP contribution in [0, 0.1) is 3.57 Å². The van der Waals surface area contributed by atoms with E-state index >= 15 is 0 Å². The molecule has 1 amide bonds. The van der Waals surface area contributed by atoms with Crippen molar-refractivity contribution in [2.24, 2.45) is 0 Å². The maximum atomic E-state index is 12.2. The van der Waals surface area contributed by atoms with Crippen LogP contribution in [0.3, 0.4) is 0 Å². The van der Waals surface area contributed by atoms with Gasteiger partial charge in [0.05, 0.1) is 9.77 Å². The molecular weight excluding hydrogens is 345 g/mol. The minimum absolute atomic E-state index is 0.288. The second-order valence-corrected chi connectivity index (χ2v) is 6.54. The Bertz CT molecular complexity index is 451. The second kappa shape index (κ2) is 5.07. The fourth-order valence-electron chi connectivity index (χ4n) is 1.92. The predicted octanol–water partition coefficient (Wildman–Crippen LogP) is 3.02. The normalized spacial score (nSPS) is 16.1. The van der Waals surface area contributed by atoms with Crippen LogP contribution >= 0.6 is 22.6 Å². The number of carbonyl (C=O) groups is 1. The first-order valence-electron chi connectivity index (χ1n) is 6.10. The highest BCUT2D eigenvalue weighted by molar-refractivity contribution is 14.1. The molecule has 0 N–H and O–H groups in total. The number of halogens is 1. The van der Waals surface area contributed by atoms with E-state index in [9.17, 15) is 4.79 Å². The van der Waals surface area contributed by atoms with Crippen LogP contribution in [0.2, 0.25) is 0 Å². The molecule has 0 aliphatic carbocycles. The fourth-order valence-corrected chi connectivity index (χ4v) is 2.61. The summed E-state index contributed by atoms with van der Waals surface area (Å²) >= 11 is 2.21. The molecule has 0 fully saturated rings. The van der Waals surface area contributed by atoms with Crippen molar-refractivity contribution in [3.63, 3.8) is 0 Å². The fraction of sp³-hybridized carbons (Fsp3) is 0.667. The van der Waals surface area contributed by atoms with E-state index in [1.807, 2.05) is 25.5 Å². The number of carbonyl (C=O) groups excluding carboxylic acids is 1. The summed E-state index contributed by atoms with van der Waals surface area (Å²) in [7, 11) is 0. The minimum atomic E-state index is -0.473. The maximum Gasteiger partial charge on any atom is 0.416 e.